The van der Waals surface area contributed by atoms with Crippen molar-refractivity contribution in [3.05, 3.63) is 0 Å². The third-order valence-electron chi connectivity index (χ3n) is 2.29. The standard InChI is InChI=1S/C9H19N/c1-8(2)6-9-4-5-10(3)7-9/h8-9H,4-7H2,1-3H3. The third-order valence-corrected chi connectivity index (χ3v) is 2.29. The Morgan fingerprint density at radius 2 is 2.20 bits per heavy atom. The van der Waals surface area contributed by atoms with Gasteiger partial charge in [-0.05, 0) is 38.3 Å². The second-order valence-electron chi connectivity index (χ2n) is 4.05. The van der Waals surface area contributed by atoms with Crippen LogP contribution in [0.4, 0.5) is 0 Å². The van der Waals surface area contributed by atoms with Crippen LogP contribution in [0.25, 0.3) is 0 Å². The van der Waals surface area contributed by atoms with Gasteiger partial charge < -0.3 is 4.90 Å². The normalized spacial score (nSPS) is 28.2. The molecule has 1 rings (SSSR count). The van der Waals surface area contributed by atoms with Crippen molar-refractivity contribution in [1.82, 2.24) is 4.90 Å². The zero-order valence-electron chi connectivity index (χ0n) is 7.43. The number of hydrogen-bond acceptors (Lipinski definition) is 1. The van der Waals surface area contributed by atoms with E-state index in [0.29, 0.717) is 0 Å². The molecule has 10 heavy (non-hydrogen) atoms. The van der Waals surface area contributed by atoms with Gasteiger partial charge in [0.25, 0.3) is 0 Å². The summed E-state index contributed by atoms with van der Waals surface area (Å²) < 4.78 is 0. The second kappa shape index (κ2) is 3.38. The molecule has 60 valence electrons. The lowest BCUT2D eigenvalue weighted by molar-refractivity contribution is 0.367. The minimum absolute atomic E-state index is 0.886. The molecule has 0 aromatic rings. The van der Waals surface area contributed by atoms with Crippen LogP contribution in [0.3, 0.4) is 0 Å². The minimum Gasteiger partial charge on any atom is -0.306 e. The molecule has 1 heteroatoms. The fourth-order valence-electron chi connectivity index (χ4n) is 1.89. The average molecular weight is 141 g/mol. The van der Waals surface area contributed by atoms with E-state index < -0.39 is 0 Å². The molecule has 0 spiro atoms. The van der Waals surface area contributed by atoms with E-state index in [2.05, 4.69) is 25.8 Å². The van der Waals surface area contributed by atoms with E-state index in [1.54, 1.807) is 0 Å². The van der Waals surface area contributed by atoms with Gasteiger partial charge >= 0.3 is 0 Å². The number of likely N-dealkylation sites (tertiary alicyclic amines) is 1. The summed E-state index contributed by atoms with van der Waals surface area (Å²) in [7, 11) is 2.22. The first-order valence-electron chi connectivity index (χ1n) is 4.37. The highest BCUT2D eigenvalue weighted by Crippen LogP contribution is 2.21. The van der Waals surface area contributed by atoms with Crippen LogP contribution in [0.1, 0.15) is 26.7 Å². The van der Waals surface area contributed by atoms with Crippen molar-refractivity contribution < 1.29 is 0 Å². The van der Waals surface area contributed by atoms with E-state index >= 15 is 0 Å². The Hall–Kier alpha value is -0.0400. The molecule has 1 fully saturated rings. The van der Waals surface area contributed by atoms with Gasteiger partial charge in [-0.15, -0.1) is 0 Å². The summed E-state index contributed by atoms with van der Waals surface area (Å²) in [6.07, 6.45) is 2.85. The van der Waals surface area contributed by atoms with Crippen LogP contribution in [-0.2, 0) is 0 Å². The Balaban J connectivity index is 2.18. The summed E-state index contributed by atoms with van der Waals surface area (Å²) >= 11 is 0. The smallest absolute Gasteiger partial charge is 0.000718 e. The number of nitrogens with zero attached hydrogens (tertiary/aromatic N) is 1. The molecule has 1 unspecified atom stereocenters. The summed E-state index contributed by atoms with van der Waals surface area (Å²) in [6, 6.07) is 0. The van der Waals surface area contributed by atoms with Gasteiger partial charge in [-0.1, -0.05) is 13.8 Å². The predicted molar refractivity (Wildman–Crippen MR) is 45.1 cm³/mol. The maximum atomic E-state index is 2.44. The van der Waals surface area contributed by atoms with Gasteiger partial charge in [-0.2, -0.15) is 0 Å². The van der Waals surface area contributed by atoms with Gasteiger partial charge in [-0.3, -0.25) is 0 Å². The second-order valence-corrected chi connectivity index (χ2v) is 4.05. The van der Waals surface area contributed by atoms with Gasteiger partial charge in [0, 0.05) is 6.54 Å². The van der Waals surface area contributed by atoms with Crippen molar-refractivity contribution in [1.29, 1.82) is 0 Å². The van der Waals surface area contributed by atoms with Crippen molar-refractivity contribution in [2.45, 2.75) is 26.7 Å². The molecule has 1 aliphatic rings. The van der Waals surface area contributed by atoms with Crippen molar-refractivity contribution in [3.8, 4) is 0 Å². The molecule has 0 bridgehead atoms. The van der Waals surface area contributed by atoms with Crippen molar-refractivity contribution in [2.75, 3.05) is 20.1 Å². The van der Waals surface area contributed by atoms with Crippen LogP contribution >= 0.6 is 0 Å². The first-order valence-corrected chi connectivity index (χ1v) is 4.37. The van der Waals surface area contributed by atoms with Crippen molar-refractivity contribution in [3.63, 3.8) is 0 Å². The van der Waals surface area contributed by atoms with Gasteiger partial charge in [-0.25, -0.2) is 0 Å². The summed E-state index contributed by atoms with van der Waals surface area (Å²) in [5.41, 5.74) is 0. The molecule has 1 nitrogen and oxygen atoms in total. The van der Waals surface area contributed by atoms with Crippen LogP contribution < -0.4 is 0 Å². The van der Waals surface area contributed by atoms with Gasteiger partial charge in [0.1, 0.15) is 0 Å². The lowest BCUT2D eigenvalue weighted by atomic mass is 9.97. The van der Waals surface area contributed by atoms with Crippen LogP contribution in [0, 0.1) is 11.8 Å². The molecule has 0 radical (unpaired) electrons. The average Bonchev–Trinajstić information content (AvgIpc) is 2.13. The highest BCUT2D eigenvalue weighted by Gasteiger charge is 2.19. The highest BCUT2D eigenvalue weighted by molar-refractivity contribution is 4.73. The van der Waals surface area contributed by atoms with E-state index in [9.17, 15) is 0 Å². The summed E-state index contributed by atoms with van der Waals surface area (Å²) in [6.45, 7) is 7.28. The lowest BCUT2D eigenvalue weighted by Crippen LogP contribution is -2.14. The predicted octanol–water partition coefficient (Wildman–Crippen LogP) is 1.98. The fourth-order valence-corrected chi connectivity index (χ4v) is 1.89. The number of hydrogen-bond donors (Lipinski definition) is 0. The molecule has 0 saturated carbocycles. The highest BCUT2D eigenvalue weighted by atomic mass is 15.1. The van der Waals surface area contributed by atoms with Crippen LogP contribution in [-0.4, -0.2) is 25.0 Å². The Bertz CT molecular complexity index is 98.9. The minimum atomic E-state index is 0.886. The fraction of sp³-hybridized carbons (Fsp3) is 1.00. The maximum Gasteiger partial charge on any atom is 0.000718 e. The van der Waals surface area contributed by atoms with Gasteiger partial charge in [0.2, 0.25) is 0 Å². The van der Waals surface area contributed by atoms with Crippen LogP contribution in [0.2, 0.25) is 0 Å². The van der Waals surface area contributed by atoms with Gasteiger partial charge in [0.05, 0.1) is 0 Å². The first-order chi connectivity index (χ1) is 4.68. The molecule has 0 aliphatic carbocycles. The molecule has 1 saturated heterocycles. The van der Waals surface area contributed by atoms with E-state index in [4.69, 9.17) is 0 Å². The molecular weight excluding hydrogens is 122 g/mol. The molecular formula is C9H19N. The van der Waals surface area contributed by atoms with E-state index in [-0.39, 0.29) is 0 Å². The molecule has 1 aliphatic heterocycles. The van der Waals surface area contributed by atoms with Crippen molar-refractivity contribution in [2.24, 2.45) is 11.8 Å². The monoisotopic (exact) mass is 141 g/mol. The quantitative estimate of drug-likeness (QED) is 0.568. The Labute approximate surface area is 64.4 Å². The van der Waals surface area contributed by atoms with Crippen LogP contribution in [0.5, 0.6) is 0 Å². The summed E-state index contributed by atoms with van der Waals surface area (Å²) in [5, 5.41) is 0. The SMILES string of the molecule is CC(C)CC1CCN(C)C1. The Morgan fingerprint density at radius 3 is 2.60 bits per heavy atom. The van der Waals surface area contributed by atoms with E-state index in [1.807, 2.05) is 0 Å². The van der Waals surface area contributed by atoms with Crippen molar-refractivity contribution >= 4 is 0 Å². The van der Waals surface area contributed by atoms with Crippen LogP contribution in [0.15, 0.2) is 0 Å². The Morgan fingerprint density at radius 1 is 1.50 bits per heavy atom. The molecule has 0 N–H and O–H groups in total. The third kappa shape index (κ3) is 2.30. The largest absolute Gasteiger partial charge is 0.306 e. The summed E-state index contributed by atoms with van der Waals surface area (Å²) in [5.74, 6) is 1.88. The van der Waals surface area contributed by atoms with E-state index in [0.717, 1.165) is 11.8 Å². The molecule has 0 amide bonds. The lowest BCUT2D eigenvalue weighted by Gasteiger charge is -2.11. The summed E-state index contributed by atoms with van der Waals surface area (Å²) in [4.78, 5) is 2.44. The molecule has 0 aromatic carbocycles. The zero-order valence-corrected chi connectivity index (χ0v) is 7.43. The molecule has 1 heterocycles. The van der Waals surface area contributed by atoms with E-state index in [1.165, 1.54) is 25.9 Å². The number of rotatable bonds is 2. The molecule has 0 aromatic heterocycles. The Kier molecular flexibility index (Phi) is 2.72. The van der Waals surface area contributed by atoms with Gasteiger partial charge in [0.15, 0.2) is 0 Å². The zero-order chi connectivity index (χ0) is 7.56. The maximum absolute atomic E-state index is 2.44. The topological polar surface area (TPSA) is 3.24 Å². The molecule has 1 atom stereocenters. The first kappa shape index (κ1) is 8.06.